The number of anilines is 4. The molecular weight excluding hydrogens is 542 g/mol. The van der Waals surface area contributed by atoms with Crippen LogP contribution in [0.4, 0.5) is 22.7 Å². The van der Waals surface area contributed by atoms with Crippen LogP contribution in [0.25, 0.3) is 10.9 Å². The van der Waals surface area contributed by atoms with E-state index in [-0.39, 0.29) is 34.3 Å². The second-order valence-electron chi connectivity index (χ2n) is 8.45. The highest BCUT2D eigenvalue weighted by molar-refractivity contribution is 6.34. The van der Waals surface area contributed by atoms with Gasteiger partial charge in [-0.15, -0.1) is 0 Å². The van der Waals surface area contributed by atoms with Crippen molar-refractivity contribution in [3.63, 3.8) is 0 Å². The summed E-state index contributed by atoms with van der Waals surface area (Å²) >= 11 is 6.48. The summed E-state index contributed by atoms with van der Waals surface area (Å²) < 4.78 is 50.5. The van der Waals surface area contributed by atoms with Crippen molar-refractivity contribution in [2.24, 2.45) is 0 Å². The summed E-state index contributed by atoms with van der Waals surface area (Å²) in [5, 5.41) is 19.1. The molecule has 4 rings (SSSR count). The quantitative estimate of drug-likeness (QED) is 0.208. The Labute approximate surface area is 251 Å². The molecule has 0 saturated heterocycles. The molecule has 0 fully saturated rings. The zero-order valence-corrected chi connectivity index (χ0v) is 22.5. The Morgan fingerprint density at radius 1 is 1.15 bits per heavy atom. The van der Waals surface area contributed by atoms with E-state index in [0.29, 0.717) is 32.9 Å². The molecule has 2 amide bonds. The van der Waals surface area contributed by atoms with E-state index in [1.165, 1.54) is 12.4 Å². The van der Waals surface area contributed by atoms with E-state index in [1.54, 1.807) is 55.5 Å². The predicted octanol–water partition coefficient (Wildman–Crippen LogP) is 5.61. The molecule has 0 aliphatic heterocycles. The summed E-state index contributed by atoms with van der Waals surface area (Å²) in [5.74, 6) is -0.857. The molecule has 10 nitrogen and oxygen atoms in total. The highest BCUT2D eigenvalue weighted by Gasteiger charge is 2.16. The van der Waals surface area contributed by atoms with Crippen molar-refractivity contribution in [3.05, 3.63) is 89.4 Å². The number of nitrogens with zero attached hydrogens (tertiary/aromatic N) is 4. The maximum atomic E-state index is 12.8. The molecular formula is C30H28ClN7O3. The normalized spacial score (nSPS) is 13.7. The Bertz CT molecular complexity index is 1850. The van der Waals surface area contributed by atoms with Gasteiger partial charge in [-0.2, -0.15) is 5.26 Å². The fourth-order valence-electron chi connectivity index (χ4n) is 3.77. The zero-order valence-electron chi connectivity index (χ0n) is 27.7. The predicted molar refractivity (Wildman–Crippen MR) is 161 cm³/mol. The topological polar surface area (TPSA) is 132 Å². The molecule has 0 spiro atoms. The lowest BCUT2D eigenvalue weighted by Gasteiger charge is -2.16. The standard InChI is InChI=1S/C30H28ClN7O3/c1-4-41-27-16-25-21(15-26(27)36-28(39)9-7-13-38(2)3)29(19(17-32)18-34-25)35-20-10-11-23(22(31)14-20)37-30(40)24-8-5-6-12-33-24/h5-12,14-16,18H,4,13H2,1-3H3,(H,34,35)(H,36,39)(H,37,40)/b9-7+/i2D3,3D3. The van der Waals surface area contributed by atoms with Gasteiger partial charge in [-0.25, -0.2) is 0 Å². The van der Waals surface area contributed by atoms with Crippen LogP contribution in [-0.4, -0.2) is 53.8 Å². The Kier molecular flexibility index (Phi) is 7.12. The average Bonchev–Trinajstić information content (AvgIpc) is 3.00. The number of nitrogens with one attached hydrogen (secondary N) is 3. The van der Waals surface area contributed by atoms with Gasteiger partial charge in [0.2, 0.25) is 5.91 Å². The molecule has 2 heterocycles. The fraction of sp³-hybridized carbons (Fsp3) is 0.167. The fourth-order valence-corrected chi connectivity index (χ4v) is 4.00. The van der Waals surface area contributed by atoms with Crippen molar-refractivity contribution in [1.82, 2.24) is 14.9 Å². The molecule has 4 aromatic rings. The summed E-state index contributed by atoms with van der Waals surface area (Å²) in [5.41, 5.74) is 2.20. The summed E-state index contributed by atoms with van der Waals surface area (Å²) in [7, 11) is 0. The minimum atomic E-state index is -2.90. The highest BCUT2D eigenvalue weighted by Crippen LogP contribution is 2.37. The lowest BCUT2D eigenvalue weighted by atomic mass is 10.1. The van der Waals surface area contributed by atoms with Crippen LogP contribution in [0.5, 0.6) is 5.75 Å². The van der Waals surface area contributed by atoms with Crippen LogP contribution in [0.15, 0.2) is 73.1 Å². The third-order valence-electron chi connectivity index (χ3n) is 5.59. The number of carbonyl (C=O) groups is 2. The molecule has 0 aliphatic rings. The van der Waals surface area contributed by atoms with Gasteiger partial charge in [-0.05, 0) is 57.3 Å². The van der Waals surface area contributed by atoms with E-state index in [4.69, 9.17) is 24.6 Å². The van der Waals surface area contributed by atoms with Crippen LogP contribution in [0, 0.1) is 11.3 Å². The molecule has 2 aromatic heterocycles. The second-order valence-corrected chi connectivity index (χ2v) is 8.86. The van der Waals surface area contributed by atoms with Crippen molar-refractivity contribution >= 4 is 57.1 Å². The largest absolute Gasteiger partial charge is 0.492 e. The second kappa shape index (κ2) is 13.4. The minimum Gasteiger partial charge on any atom is -0.492 e. The maximum absolute atomic E-state index is 12.8. The molecule has 0 bridgehead atoms. The van der Waals surface area contributed by atoms with E-state index in [1.807, 2.05) is 0 Å². The lowest BCUT2D eigenvalue weighted by molar-refractivity contribution is -0.111. The molecule has 2 aromatic carbocycles. The van der Waals surface area contributed by atoms with Crippen molar-refractivity contribution in [2.75, 3.05) is 43.1 Å². The number of halogens is 1. The molecule has 0 radical (unpaired) electrons. The first-order valence-electron chi connectivity index (χ1n) is 15.2. The monoisotopic (exact) mass is 575 g/mol. The van der Waals surface area contributed by atoms with Gasteiger partial charge in [0, 0.05) is 50.4 Å². The van der Waals surface area contributed by atoms with Gasteiger partial charge in [-0.3, -0.25) is 19.6 Å². The molecule has 0 atom stereocenters. The Morgan fingerprint density at radius 3 is 2.71 bits per heavy atom. The average molecular weight is 576 g/mol. The Hall–Kier alpha value is -4.98. The number of fused-ring (bicyclic) bond motifs is 1. The molecule has 208 valence electrons. The number of carbonyl (C=O) groups excluding carboxylic acids is 2. The summed E-state index contributed by atoms with van der Waals surface area (Å²) in [4.78, 5) is 34.1. The van der Waals surface area contributed by atoms with Gasteiger partial charge in [0.1, 0.15) is 17.5 Å². The third-order valence-corrected chi connectivity index (χ3v) is 5.90. The Balaban J connectivity index is 1.63. The first-order valence-corrected chi connectivity index (χ1v) is 12.6. The van der Waals surface area contributed by atoms with Crippen LogP contribution in [0.2, 0.25) is 5.02 Å². The number of hydrogen-bond acceptors (Lipinski definition) is 8. The molecule has 11 heteroatoms. The van der Waals surface area contributed by atoms with E-state index in [2.05, 4.69) is 32.0 Å². The molecule has 0 unspecified atom stereocenters. The maximum Gasteiger partial charge on any atom is 0.274 e. The van der Waals surface area contributed by atoms with Crippen molar-refractivity contribution < 1.29 is 22.6 Å². The smallest absolute Gasteiger partial charge is 0.274 e. The number of pyridine rings is 2. The van der Waals surface area contributed by atoms with E-state index < -0.39 is 32.3 Å². The zero-order chi connectivity index (χ0) is 34.4. The van der Waals surface area contributed by atoms with Crippen LogP contribution in [-0.2, 0) is 4.79 Å². The SMILES string of the molecule is [2H]C([2H])([2H])N(C/C=C/C(=O)Nc1cc2c(Nc3ccc(NC(=O)c4ccccn4)c(Cl)c3)c(C#N)cnc2cc1OCC)C([2H])([2H])[2H]. The number of amides is 2. The van der Waals surface area contributed by atoms with Crippen molar-refractivity contribution in [2.45, 2.75) is 6.92 Å². The number of rotatable bonds is 10. The first kappa shape index (κ1) is 21.8. The van der Waals surface area contributed by atoms with Crippen LogP contribution < -0.4 is 20.7 Å². The lowest BCUT2D eigenvalue weighted by Crippen LogP contribution is -2.13. The van der Waals surface area contributed by atoms with Gasteiger partial charge in [-0.1, -0.05) is 23.7 Å². The number of benzene rings is 2. The van der Waals surface area contributed by atoms with Gasteiger partial charge in [0.25, 0.3) is 5.91 Å². The van der Waals surface area contributed by atoms with Gasteiger partial charge in [0.15, 0.2) is 0 Å². The highest BCUT2D eigenvalue weighted by atomic mass is 35.5. The third kappa shape index (κ3) is 7.36. The van der Waals surface area contributed by atoms with Gasteiger partial charge < -0.3 is 25.6 Å². The van der Waals surface area contributed by atoms with E-state index >= 15 is 0 Å². The van der Waals surface area contributed by atoms with Crippen molar-refractivity contribution in [3.8, 4) is 11.8 Å². The number of hydrogen-bond donors (Lipinski definition) is 3. The summed E-state index contributed by atoms with van der Waals surface area (Å²) in [6, 6.07) is 15.0. The van der Waals surface area contributed by atoms with E-state index in [0.717, 1.165) is 12.2 Å². The number of ether oxygens (including phenoxy) is 1. The van der Waals surface area contributed by atoms with Crippen LogP contribution in [0.1, 0.15) is 31.2 Å². The van der Waals surface area contributed by atoms with Crippen molar-refractivity contribution in [1.29, 1.82) is 5.26 Å². The Morgan fingerprint density at radius 2 is 2.00 bits per heavy atom. The van der Waals surface area contributed by atoms with E-state index in [9.17, 15) is 14.9 Å². The van der Waals surface area contributed by atoms with Gasteiger partial charge in [0.05, 0.1) is 39.8 Å². The summed E-state index contributed by atoms with van der Waals surface area (Å²) in [6.07, 6.45) is 5.03. The molecule has 41 heavy (non-hydrogen) atoms. The summed E-state index contributed by atoms with van der Waals surface area (Å²) in [6.45, 7) is -4.34. The number of aromatic nitrogens is 2. The molecule has 3 N–H and O–H groups in total. The van der Waals surface area contributed by atoms with Crippen LogP contribution >= 0.6 is 11.6 Å². The number of likely N-dealkylation sites (N-methyl/N-ethyl adjacent to an activating group) is 1. The minimum absolute atomic E-state index is 0.178. The van der Waals surface area contributed by atoms with Crippen LogP contribution in [0.3, 0.4) is 0 Å². The first-order chi connectivity index (χ1) is 22.2. The molecule has 0 saturated carbocycles. The molecule has 0 aliphatic carbocycles. The number of nitriles is 1. The van der Waals surface area contributed by atoms with Gasteiger partial charge >= 0.3 is 0 Å².